The van der Waals surface area contributed by atoms with Crippen LogP contribution in [0, 0.1) is 0 Å². The monoisotopic (exact) mass is 285 g/mol. The van der Waals surface area contributed by atoms with Crippen molar-refractivity contribution in [1.82, 2.24) is 16.0 Å². The average molecular weight is 285 g/mol. The second-order valence-electron chi connectivity index (χ2n) is 4.60. The molecule has 0 saturated carbocycles. The van der Waals surface area contributed by atoms with Crippen LogP contribution in [0.4, 0.5) is 0 Å². The molecule has 7 nitrogen and oxygen atoms in total. The Morgan fingerprint density at radius 2 is 1.65 bits per heavy atom. The van der Waals surface area contributed by atoms with E-state index in [1.165, 1.54) is 13.8 Å². The van der Waals surface area contributed by atoms with Crippen LogP contribution < -0.4 is 16.0 Å². The van der Waals surface area contributed by atoms with Gasteiger partial charge in [-0.2, -0.15) is 0 Å². The molecule has 2 amide bonds. The van der Waals surface area contributed by atoms with Gasteiger partial charge in [-0.25, -0.2) is 0 Å². The van der Waals surface area contributed by atoms with E-state index in [0.717, 1.165) is 0 Å². The van der Waals surface area contributed by atoms with Crippen molar-refractivity contribution in [2.24, 2.45) is 0 Å². The summed E-state index contributed by atoms with van der Waals surface area (Å²) in [6.45, 7) is 3.14. The predicted molar refractivity (Wildman–Crippen MR) is 74.1 cm³/mol. The number of carbonyl (C=O) groups excluding carboxylic acids is 4. The lowest BCUT2D eigenvalue weighted by molar-refractivity contribution is -0.128. The topological polar surface area (TPSA) is 104 Å². The van der Waals surface area contributed by atoms with Crippen molar-refractivity contribution >= 4 is 23.4 Å². The van der Waals surface area contributed by atoms with E-state index in [2.05, 4.69) is 16.0 Å². The first kappa shape index (κ1) is 18.2. The van der Waals surface area contributed by atoms with Gasteiger partial charge in [0.05, 0.1) is 12.6 Å². The average Bonchev–Trinajstić information content (AvgIpc) is 2.38. The maximum Gasteiger partial charge on any atom is 0.239 e. The van der Waals surface area contributed by atoms with Gasteiger partial charge in [-0.3, -0.25) is 14.4 Å². The van der Waals surface area contributed by atoms with E-state index >= 15 is 0 Å². The Morgan fingerprint density at radius 3 is 2.15 bits per heavy atom. The molecule has 114 valence electrons. The van der Waals surface area contributed by atoms with Crippen LogP contribution in [-0.4, -0.2) is 49.6 Å². The molecular weight excluding hydrogens is 262 g/mol. The summed E-state index contributed by atoms with van der Waals surface area (Å²) in [5.41, 5.74) is 0. The lowest BCUT2D eigenvalue weighted by atomic mass is 10.1. The van der Waals surface area contributed by atoms with E-state index in [4.69, 9.17) is 0 Å². The molecule has 0 bridgehead atoms. The third-order valence-electron chi connectivity index (χ3n) is 2.66. The molecule has 0 heterocycles. The second-order valence-corrected chi connectivity index (χ2v) is 4.60. The van der Waals surface area contributed by atoms with E-state index in [1.54, 1.807) is 7.05 Å². The summed E-state index contributed by atoms with van der Waals surface area (Å²) in [7, 11) is 1.73. The molecule has 0 rings (SSSR count). The number of ketones is 2. The van der Waals surface area contributed by atoms with Gasteiger partial charge in [-0.05, 0) is 27.3 Å². The molecule has 0 aromatic heterocycles. The van der Waals surface area contributed by atoms with Crippen molar-refractivity contribution in [3.63, 3.8) is 0 Å². The van der Waals surface area contributed by atoms with Crippen LogP contribution in [0.15, 0.2) is 0 Å². The fraction of sp³-hybridized carbons (Fsp3) is 0.692. The molecule has 0 aliphatic rings. The molecule has 0 spiro atoms. The standard InChI is InChI=1S/C13H23N3O4/c1-9(17)4-5-11(10(2)18)16-13(20)8-15-12(19)6-7-14-3/h11,14H,4-8H2,1-3H3,(H,15,19)(H,16,20). The number of amides is 2. The van der Waals surface area contributed by atoms with Crippen LogP contribution >= 0.6 is 0 Å². The fourth-order valence-electron chi connectivity index (χ4n) is 1.48. The summed E-state index contributed by atoms with van der Waals surface area (Å²) < 4.78 is 0. The van der Waals surface area contributed by atoms with Gasteiger partial charge in [-0.15, -0.1) is 0 Å². The van der Waals surface area contributed by atoms with Crippen LogP contribution in [0.25, 0.3) is 0 Å². The lowest BCUT2D eigenvalue weighted by Gasteiger charge is -2.15. The van der Waals surface area contributed by atoms with Gasteiger partial charge in [0, 0.05) is 19.4 Å². The number of carbonyl (C=O) groups is 4. The van der Waals surface area contributed by atoms with Gasteiger partial charge in [0.15, 0.2) is 5.78 Å². The number of nitrogens with one attached hydrogen (secondary N) is 3. The van der Waals surface area contributed by atoms with Crippen LogP contribution in [0.5, 0.6) is 0 Å². The highest BCUT2D eigenvalue weighted by Crippen LogP contribution is 1.99. The quantitative estimate of drug-likeness (QED) is 0.485. The van der Waals surface area contributed by atoms with Gasteiger partial charge >= 0.3 is 0 Å². The molecule has 0 aromatic rings. The first-order chi connectivity index (χ1) is 9.36. The van der Waals surface area contributed by atoms with Crippen LogP contribution in [0.3, 0.4) is 0 Å². The smallest absolute Gasteiger partial charge is 0.239 e. The summed E-state index contributed by atoms with van der Waals surface area (Å²) in [6, 6.07) is -0.680. The molecule has 1 unspecified atom stereocenters. The molecule has 0 aromatic carbocycles. The molecule has 0 fully saturated rings. The lowest BCUT2D eigenvalue weighted by Crippen LogP contribution is -2.45. The molecule has 1 atom stereocenters. The fourth-order valence-corrected chi connectivity index (χ4v) is 1.48. The molecular formula is C13H23N3O4. The van der Waals surface area contributed by atoms with Gasteiger partial charge in [0.2, 0.25) is 11.8 Å². The Balaban J connectivity index is 4.10. The van der Waals surface area contributed by atoms with Gasteiger partial charge in [-0.1, -0.05) is 0 Å². The van der Waals surface area contributed by atoms with Crippen LogP contribution in [0.1, 0.15) is 33.1 Å². The Kier molecular flexibility index (Phi) is 9.19. The summed E-state index contributed by atoms with van der Waals surface area (Å²) in [6.07, 6.45) is 0.799. The van der Waals surface area contributed by atoms with Crippen molar-refractivity contribution in [3.8, 4) is 0 Å². The summed E-state index contributed by atoms with van der Waals surface area (Å²) in [5.74, 6) is -0.920. The third kappa shape index (κ3) is 9.21. The van der Waals surface area contributed by atoms with Crippen molar-refractivity contribution in [2.45, 2.75) is 39.2 Å². The first-order valence-corrected chi connectivity index (χ1v) is 6.57. The molecule has 20 heavy (non-hydrogen) atoms. The van der Waals surface area contributed by atoms with Crippen molar-refractivity contribution in [1.29, 1.82) is 0 Å². The van der Waals surface area contributed by atoms with Gasteiger partial charge in [0.1, 0.15) is 5.78 Å². The molecule has 0 radical (unpaired) electrons. The number of hydrogen-bond acceptors (Lipinski definition) is 5. The van der Waals surface area contributed by atoms with E-state index in [0.29, 0.717) is 6.54 Å². The number of rotatable bonds is 10. The zero-order valence-electron chi connectivity index (χ0n) is 12.2. The van der Waals surface area contributed by atoms with E-state index in [9.17, 15) is 19.2 Å². The Hall–Kier alpha value is -1.76. The minimum absolute atomic E-state index is 0.0362. The molecule has 7 heteroatoms. The van der Waals surface area contributed by atoms with Crippen molar-refractivity contribution in [2.75, 3.05) is 20.1 Å². The summed E-state index contributed by atoms with van der Waals surface area (Å²) >= 11 is 0. The Labute approximate surface area is 118 Å². The number of hydrogen-bond donors (Lipinski definition) is 3. The highest BCUT2D eigenvalue weighted by atomic mass is 16.2. The van der Waals surface area contributed by atoms with E-state index in [1.807, 2.05) is 0 Å². The second kappa shape index (κ2) is 10.1. The maximum absolute atomic E-state index is 11.6. The largest absolute Gasteiger partial charge is 0.347 e. The maximum atomic E-state index is 11.6. The van der Waals surface area contributed by atoms with Crippen LogP contribution in [0.2, 0.25) is 0 Å². The van der Waals surface area contributed by atoms with Crippen molar-refractivity contribution in [3.05, 3.63) is 0 Å². The molecule has 0 aliphatic carbocycles. The first-order valence-electron chi connectivity index (χ1n) is 6.57. The normalized spacial score (nSPS) is 11.6. The van der Waals surface area contributed by atoms with E-state index < -0.39 is 11.9 Å². The zero-order chi connectivity index (χ0) is 15.5. The van der Waals surface area contributed by atoms with E-state index in [-0.39, 0.29) is 43.3 Å². The van der Waals surface area contributed by atoms with Crippen LogP contribution in [-0.2, 0) is 19.2 Å². The van der Waals surface area contributed by atoms with Gasteiger partial charge in [0.25, 0.3) is 0 Å². The highest BCUT2D eigenvalue weighted by Gasteiger charge is 2.17. The SMILES string of the molecule is CNCCC(=O)NCC(=O)NC(CCC(C)=O)C(C)=O. The summed E-state index contributed by atoms with van der Waals surface area (Å²) in [5, 5.41) is 7.79. The zero-order valence-corrected chi connectivity index (χ0v) is 12.2. The minimum Gasteiger partial charge on any atom is -0.347 e. The highest BCUT2D eigenvalue weighted by molar-refractivity contribution is 5.90. The predicted octanol–water partition coefficient (Wildman–Crippen LogP) is -0.845. The number of Topliss-reactive ketones (excluding diaryl/α,β-unsaturated/α-hetero) is 2. The molecule has 3 N–H and O–H groups in total. The molecule has 0 aliphatic heterocycles. The minimum atomic E-state index is -0.680. The van der Waals surface area contributed by atoms with Crippen molar-refractivity contribution < 1.29 is 19.2 Å². The Bertz CT molecular complexity index is 369. The Morgan fingerprint density at radius 1 is 1.00 bits per heavy atom. The summed E-state index contributed by atoms with van der Waals surface area (Å²) in [4.78, 5) is 45.1. The third-order valence-corrected chi connectivity index (χ3v) is 2.66. The molecule has 0 saturated heterocycles. The van der Waals surface area contributed by atoms with Gasteiger partial charge < -0.3 is 20.7 Å².